The fourth-order valence-electron chi connectivity index (χ4n) is 0.673. The summed E-state index contributed by atoms with van der Waals surface area (Å²) in [4.78, 5) is 12.4. The van der Waals surface area contributed by atoms with E-state index < -0.39 is 5.91 Å². The minimum absolute atomic E-state index is 0.0845. The Labute approximate surface area is 77.4 Å². The maximum atomic E-state index is 11.1. The Kier molecular flexibility index (Phi) is 4.52. The van der Waals surface area contributed by atoms with Gasteiger partial charge in [0.25, 0.3) is 0 Å². The van der Waals surface area contributed by atoms with E-state index in [1.165, 1.54) is 19.1 Å². The Morgan fingerprint density at radius 1 is 1.50 bits per heavy atom. The van der Waals surface area contributed by atoms with E-state index in [0.29, 0.717) is 0 Å². The summed E-state index contributed by atoms with van der Waals surface area (Å²) in [6.45, 7) is 1.64. The summed E-state index contributed by atoms with van der Waals surface area (Å²) in [6, 6.07) is 0. The number of alkyl halides is 1. The lowest BCUT2D eigenvalue weighted by Gasteiger charge is -2.35. The van der Waals surface area contributed by atoms with Crippen molar-refractivity contribution in [2.24, 2.45) is 0 Å². The first-order chi connectivity index (χ1) is 5.51. The van der Waals surface area contributed by atoms with Crippen LogP contribution in [0.25, 0.3) is 0 Å². The summed E-state index contributed by atoms with van der Waals surface area (Å²) in [5.74, 6) is -1.37. The highest BCUT2D eigenvalue weighted by Crippen LogP contribution is 2.14. The first-order valence-electron chi connectivity index (χ1n) is 3.44. The topological polar surface area (TPSA) is 38.8 Å². The molecule has 0 aliphatic carbocycles. The predicted octanol–water partition coefficient (Wildman–Crippen LogP) is 0.650. The summed E-state index contributed by atoms with van der Waals surface area (Å²) < 4.78 is 9.99. The third-order valence-corrected chi connectivity index (χ3v) is 2.08. The molecule has 0 saturated heterocycles. The van der Waals surface area contributed by atoms with Gasteiger partial charge in [0.05, 0.1) is 0 Å². The van der Waals surface area contributed by atoms with Gasteiger partial charge in [-0.15, -0.1) is 11.6 Å². The molecule has 5 heteroatoms. The van der Waals surface area contributed by atoms with Crippen molar-refractivity contribution < 1.29 is 14.3 Å². The van der Waals surface area contributed by atoms with Crippen LogP contribution in [0.15, 0.2) is 0 Å². The Morgan fingerprint density at radius 2 is 1.92 bits per heavy atom. The van der Waals surface area contributed by atoms with E-state index in [4.69, 9.17) is 21.1 Å². The number of hydrogen-bond acceptors (Lipinski definition) is 3. The van der Waals surface area contributed by atoms with Crippen LogP contribution in [-0.2, 0) is 14.3 Å². The van der Waals surface area contributed by atoms with Gasteiger partial charge in [-0.2, -0.15) is 0 Å². The van der Waals surface area contributed by atoms with Crippen molar-refractivity contribution in [3.05, 3.63) is 0 Å². The zero-order chi connectivity index (χ0) is 9.78. The van der Waals surface area contributed by atoms with Gasteiger partial charge >= 0.3 is 0 Å². The number of ether oxygens (including phenoxy) is 2. The lowest BCUT2D eigenvalue weighted by Crippen LogP contribution is -2.50. The standard InChI is InChI=1S/C7H14ClNO3/c1-7(11-3,12-4)9(2)6(10)5-8/h5H2,1-4H3. The van der Waals surface area contributed by atoms with Gasteiger partial charge in [-0.3, -0.25) is 9.69 Å². The molecule has 72 valence electrons. The van der Waals surface area contributed by atoms with E-state index in [0.717, 1.165) is 0 Å². The van der Waals surface area contributed by atoms with Crippen LogP contribution in [-0.4, -0.2) is 43.9 Å². The van der Waals surface area contributed by atoms with E-state index in [1.807, 2.05) is 0 Å². The fourth-order valence-corrected chi connectivity index (χ4v) is 0.853. The highest BCUT2D eigenvalue weighted by Gasteiger charge is 2.31. The molecule has 0 N–H and O–H groups in total. The molecule has 0 rings (SSSR count). The molecule has 0 aromatic rings. The highest BCUT2D eigenvalue weighted by molar-refractivity contribution is 6.27. The Hall–Kier alpha value is -0.320. The van der Waals surface area contributed by atoms with E-state index >= 15 is 0 Å². The molecule has 0 saturated carbocycles. The molecule has 0 aromatic heterocycles. The SMILES string of the molecule is COC(C)(OC)N(C)C(=O)CCl. The Morgan fingerprint density at radius 3 is 2.17 bits per heavy atom. The number of carbonyl (C=O) groups is 1. The van der Waals surface area contributed by atoms with Gasteiger partial charge in [-0.25, -0.2) is 0 Å². The second-order valence-corrected chi connectivity index (χ2v) is 2.66. The summed E-state index contributed by atoms with van der Waals surface area (Å²) in [6.07, 6.45) is 0. The zero-order valence-corrected chi connectivity index (χ0v) is 8.51. The van der Waals surface area contributed by atoms with Gasteiger partial charge in [-0.1, -0.05) is 0 Å². The summed E-state index contributed by atoms with van der Waals surface area (Å²) in [7, 11) is 4.49. The van der Waals surface area contributed by atoms with Crippen LogP contribution in [0, 0.1) is 0 Å². The molecule has 0 aromatic carbocycles. The lowest BCUT2D eigenvalue weighted by atomic mass is 10.4. The van der Waals surface area contributed by atoms with Crippen LogP contribution in [0.1, 0.15) is 6.92 Å². The van der Waals surface area contributed by atoms with Crippen molar-refractivity contribution in [1.82, 2.24) is 4.90 Å². The normalized spacial score (nSPS) is 11.4. The van der Waals surface area contributed by atoms with Crippen molar-refractivity contribution in [2.75, 3.05) is 27.1 Å². The molecule has 0 aliphatic rings. The minimum atomic E-state index is -1.04. The number of carbonyl (C=O) groups excluding carboxylic acids is 1. The van der Waals surface area contributed by atoms with Crippen LogP contribution in [0.5, 0.6) is 0 Å². The highest BCUT2D eigenvalue weighted by atomic mass is 35.5. The largest absolute Gasteiger partial charge is 0.336 e. The van der Waals surface area contributed by atoms with Gasteiger partial charge < -0.3 is 9.47 Å². The molecule has 4 nitrogen and oxygen atoms in total. The lowest BCUT2D eigenvalue weighted by molar-refractivity contribution is -0.269. The average molecular weight is 196 g/mol. The van der Waals surface area contributed by atoms with Gasteiger partial charge in [0, 0.05) is 28.2 Å². The van der Waals surface area contributed by atoms with Crippen molar-refractivity contribution in [1.29, 1.82) is 0 Å². The smallest absolute Gasteiger partial charge is 0.250 e. The Bertz CT molecular complexity index is 159. The summed E-state index contributed by atoms with van der Waals surface area (Å²) in [5, 5.41) is 0. The van der Waals surface area contributed by atoms with Crippen molar-refractivity contribution in [2.45, 2.75) is 12.8 Å². The number of nitrogens with zero attached hydrogens (tertiary/aromatic N) is 1. The predicted molar refractivity (Wildman–Crippen MR) is 45.9 cm³/mol. The van der Waals surface area contributed by atoms with Gasteiger partial charge in [-0.05, 0) is 0 Å². The number of rotatable bonds is 4. The van der Waals surface area contributed by atoms with Gasteiger partial charge in [0.15, 0.2) is 0 Å². The van der Waals surface area contributed by atoms with Crippen LogP contribution in [0.2, 0.25) is 0 Å². The monoisotopic (exact) mass is 195 g/mol. The van der Waals surface area contributed by atoms with Crippen LogP contribution < -0.4 is 0 Å². The number of amides is 1. The van der Waals surface area contributed by atoms with E-state index in [2.05, 4.69) is 0 Å². The van der Waals surface area contributed by atoms with Crippen molar-refractivity contribution in [3.8, 4) is 0 Å². The third-order valence-electron chi connectivity index (χ3n) is 1.86. The quantitative estimate of drug-likeness (QED) is 0.489. The average Bonchev–Trinajstić information content (AvgIpc) is 2.14. The fraction of sp³-hybridized carbons (Fsp3) is 0.857. The maximum absolute atomic E-state index is 11.1. The molecular weight excluding hydrogens is 182 g/mol. The minimum Gasteiger partial charge on any atom is -0.336 e. The third kappa shape index (κ3) is 2.33. The molecule has 0 unspecified atom stereocenters. The Balaban J connectivity index is 4.40. The van der Waals surface area contributed by atoms with E-state index in [1.54, 1.807) is 14.0 Å². The van der Waals surface area contributed by atoms with Crippen molar-refractivity contribution >= 4 is 17.5 Å². The van der Waals surface area contributed by atoms with Crippen LogP contribution >= 0.6 is 11.6 Å². The van der Waals surface area contributed by atoms with E-state index in [9.17, 15) is 4.79 Å². The van der Waals surface area contributed by atoms with Gasteiger partial charge in [0.1, 0.15) is 5.88 Å². The number of methoxy groups -OCH3 is 2. The molecular formula is C7H14ClNO3. The molecule has 0 spiro atoms. The van der Waals surface area contributed by atoms with Crippen molar-refractivity contribution in [3.63, 3.8) is 0 Å². The second-order valence-electron chi connectivity index (χ2n) is 2.39. The number of halogens is 1. The summed E-state index contributed by atoms with van der Waals surface area (Å²) >= 11 is 5.36. The number of hydrogen-bond donors (Lipinski definition) is 0. The first kappa shape index (κ1) is 11.7. The maximum Gasteiger partial charge on any atom is 0.250 e. The van der Waals surface area contributed by atoms with Gasteiger partial charge in [0.2, 0.25) is 11.8 Å². The summed E-state index contributed by atoms with van der Waals surface area (Å²) in [5.41, 5.74) is 0. The van der Waals surface area contributed by atoms with Crippen LogP contribution in [0.3, 0.4) is 0 Å². The molecule has 0 fully saturated rings. The molecule has 0 atom stereocenters. The molecule has 0 radical (unpaired) electrons. The second kappa shape index (κ2) is 4.64. The first-order valence-corrected chi connectivity index (χ1v) is 3.98. The molecule has 12 heavy (non-hydrogen) atoms. The van der Waals surface area contributed by atoms with Crippen LogP contribution in [0.4, 0.5) is 0 Å². The molecule has 0 bridgehead atoms. The zero-order valence-electron chi connectivity index (χ0n) is 7.76. The van der Waals surface area contributed by atoms with E-state index in [-0.39, 0.29) is 11.8 Å². The molecule has 1 amide bonds. The molecule has 0 aliphatic heterocycles. The molecule has 0 heterocycles.